The van der Waals surface area contributed by atoms with Gasteiger partial charge in [0.25, 0.3) is 5.91 Å². The second-order valence-electron chi connectivity index (χ2n) is 5.64. The maximum absolute atomic E-state index is 11.7. The zero-order chi connectivity index (χ0) is 14.7. The molecule has 0 saturated carbocycles. The number of nitrogens with zero attached hydrogens (tertiary/aromatic N) is 2. The Kier molecular flexibility index (Phi) is 4.88. The van der Waals surface area contributed by atoms with Crippen LogP contribution in [-0.4, -0.2) is 51.6 Å². The van der Waals surface area contributed by atoms with Gasteiger partial charge in [-0.05, 0) is 38.9 Å². The molecule has 112 valence electrons. The summed E-state index contributed by atoms with van der Waals surface area (Å²) in [5, 5.41) is 3.75. The van der Waals surface area contributed by atoms with Crippen LogP contribution in [0, 0.1) is 5.92 Å². The lowest BCUT2D eigenvalue weighted by atomic mass is 9.96. The number of nitrogens with two attached hydrogens (primary N) is 1. The minimum Gasteiger partial charge on any atom is -0.397 e. The normalized spacial score (nSPS) is 16.7. The van der Waals surface area contributed by atoms with Crippen LogP contribution in [0.5, 0.6) is 0 Å². The molecule has 1 fully saturated rings. The first kappa shape index (κ1) is 15.1. The van der Waals surface area contributed by atoms with Gasteiger partial charge in [0.1, 0.15) is 4.88 Å². The van der Waals surface area contributed by atoms with E-state index in [2.05, 4.69) is 29.2 Å². The molecule has 1 aliphatic heterocycles. The molecule has 1 aliphatic rings. The third-order valence-electron chi connectivity index (χ3n) is 3.73. The van der Waals surface area contributed by atoms with Crippen LogP contribution in [0.4, 0.5) is 10.7 Å². The number of piperidine rings is 1. The van der Waals surface area contributed by atoms with Gasteiger partial charge in [-0.25, -0.2) is 0 Å². The summed E-state index contributed by atoms with van der Waals surface area (Å²) in [4.78, 5) is 16.9. The van der Waals surface area contributed by atoms with E-state index in [1.165, 1.54) is 24.2 Å². The topological polar surface area (TPSA) is 61.6 Å². The zero-order valence-corrected chi connectivity index (χ0v) is 13.3. The summed E-state index contributed by atoms with van der Waals surface area (Å²) >= 11 is 1.49. The number of nitrogens with one attached hydrogen (secondary N) is 1. The van der Waals surface area contributed by atoms with Crippen molar-refractivity contribution in [2.24, 2.45) is 5.92 Å². The number of hydrogen-bond acceptors (Lipinski definition) is 5. The molecular formula is C14H24N4OS. The van der Waals surface area contributed by atoms with E-state index >= 15 is 0 Å². The Bertz CT molecular complexity index is 464. The first-order chi connectivity index (χ1) is 9.51. The van der Waals surface area contributed by atoms with E-state index < -0.39 is 0 Å². The minimum atomic E-state index is -0.0961. The first-order valence-corrected chi connectivity index (χ1v) is 7.84. The molecule has 2 heterocycles. The van der Waals surface area contributed by atoms with Crippen LogP contribution < -0.4 is 16.0 Å². The highest BCUT2D eigenvalue weighted by Crippen LogP contribution is 2.34. The van der Waals surface area contributed by atoms with Crippen molar-refractivity contribution in [3.05, 3.63) is 10.9 Å². The monoisotopic (exact) mass is 296 g/mol. The van der Waals surface area contributed by atoms with Crippen molar-refractivity contribution in [1.29, 1.82) is 0 Å². The lowest BCUT2D eigenvalue weighted by Gasteiger charge is -2.33. The molecule has 2 rings (SSSR count). The molecular weight excluding hydrogens is 272 g/mol. The molecule has 1 aromatic rings. The summed E-state index contributed by atoms with van der Waals surface area (Å²) in [5.41, 5.74) is 6.52. The number of hydrogen-bond donors (Lipinski definition) is 2. The Morgan fingerprint density at radius 3 is 2.70 bits per heavy atom. The Labute approximate surface area is 124 Å². The number of rotatable bonds is 4. The molecule has 0 radical (unpaired) electrons. The van der Waals surface area contributed by atoms with Gasteiger partial charge in [-0.3, -0.25) is 4.79 Å². The average molecular weight is 296 g/mol. The highest BCUT2D eigenvalue weighted by molar-refractivity contribution is 7.18. The van der Waals surface area contributed by atoms with Crippen molar-refractivity contribution in [3.63, 3.8) is 0 Å². The second-order valence-corrected chi connectivity index (χ2v) is 6.67. The molecule has 1 saturated heterocycles. The number of thiophene rings is 1. The van der Waals surface area contributed by atoms with E-state index in [-0.39, 0.29) is 5.91 Å². The molecule has 1 amide bonds. The molecule has 5 nitrogen and oxygen atoms in total. The highest BCUT2D eigenvalue weighted by Gasteiger charge is 2.22. The molecule has 6 heteroatoms. The molecule has 0 unspecified atom stereocenters. The van der Waals surface area contributed by atoms with Crippen LogP contribution >= 0.6 is 11.3 Å². The summed E-state index contributed by atoms with van der Waals surface area (Å²) in [5.74, 6) is 0.679. The molecule has 0 aromatic carbocycles. The fourth-order valence-electron chi connectivity index (χ4n) is 2.69. The number of carbonyl (C=O) groups is 1. The summed E-state index contributed by atoms with van der Waals surface area (Å²) in [7, 11) is 5.89. The molecule has 0 spiro atoms. The number of amides is 1. The van der Waals surface area contributed by atoms with Gasteiger partial charge in [-0.15, -0.1) is 11.3 Å². The van der Waals surface area contributed by atoms with E-state index in [1.54, 1.807) is 7.05 Å². The van der Waals surface area contributed by atoms with Crippen LogP contribution in [0.1, 0.15) is 22.5 Å². The van der Waals surface area contributed by atoms with Crippen LogP contribution in [-0.2, 0) is 0 Å². The fraction of sp³-hybridized carbons (Fsp3) is 0.643. The third kappa shape index (κ3) is 3.43. The number of carbonyl (C=O) groups excluding carboxylic acids is 1. The zero-order valence-electron chi connectivity index (χ0n) is 12.5. The van der Waals surface area contributed by atoms with E-state index in [9.17, 15) is 4.79 Å². The summed E-state index contributed by atoms with van der Waals surface area (Å²) in [6, 6.07) is 1.93. The fourth-order valence-corrected chi connectivity index (χ4v) is 3.77. The van der Waals surface area contributed by atoms with Crippen molar-refractivity contribution in [3.8, 4) is 0 Å². The molecule has 0 aliphatic carbocycles. The number of anilines is 2. The van der Waals surface area contributed by atoms with Crippen LogP contribution in [0.25, 0.3) is 0 Å². The van der Waals surface area contributed by atoms with E-state index in [1.807, 2.05) is 6.07 Å². The van der Waals surface area contributed by atoms with Gasteiger partial charge in [0, 0.05) is 26.7 Å². The van der Waals surface area contributed by atoms with Crippen LogP contribution in [0.2, 0.25) is 0 Å². The average Bonchev–Trinajstić information content (AvgIpc) is 2.80. The Morgan fingerprint density at radius 1 is 1.50 bits per heavy atom. The smallest absolute Gasteiger partial charge is 0.263 e. The first-order valence-electron chi connectivity index (χ1n) is 7.02. The van der Waals surface area contributed by atoms with E-state index in [4.69, 9.17) is 5.73 Å². The van der Waals surface area contributed by atoms with Crippen molar-refractivity contribution in [2.45, 2.75) is 12.8 Å². The molecule has 1 aromatic heterocycles. The van der Waals surface area contributed by atoms with Crippen molar-refractivity contribution in [2.75, 3.05) is 51.4 Å². The standard InChI is InChI=1S/C14H24N4OS/c1-16-14(19)13-11(15)8-12(20-13)18-6-4-10(5-7-18)9-17(2)3/h8,10H,4-7,9,15H2,1-3H3,(H,16,19). The lowest BCUT2D eigenvalue weighted by Crippen LogP contribution is -2.36. The maximum atomic E-state index is 11.7. The quantitative estimate of drug-likeness (QED) is 0.883. The van der Waals surface area contributed by atoms with E-state index in [0.717, 1.165) is 30.6 Å². The van der Waals surface area contributed by atoms with Crippen molar-refractivity contribution >= 4 is 27.9 Å². The summed E-state index contributed by atoms with van der Waals surface area (Å²) in [6.45, 7) is 3.25. The third-order valence-corrected chi connectivity index (χ3v) is 4.94. The minimum absolute atomic E-state index is 0.0961. The van der Waals surface area contributed by atoms with Crippen molar-refractivity contribution < 1.29 is 4.79 Å². The van der Waals surface area contributed by atoms with Gasteiger partial charge in [0.05, 0.1) is 10.7 Å². The van der Waals surface area contributed by atoms with Gasteiger partial charge >= 0.3 is 0 Å². The maximum Gasteiger partial charge on any atom is 0.263 e. The van der Waals surface area contributed by atoms with Crippen molar-refractivity contribution in [1.82, 2.24) is 10.2 Å². The Morgan fingerprint density at radius 2 is 2.15 bits per heavy atom. The summed E-state index contributed by atoms with van der Waals surface area (Å²) in [6.07, 6.45) is 2.40. The molecule has 0 bridgehead atoms. The van der Waals surface area contributed by atoms with Gasteiger partial charge < -0.3 is 20.9 Å². The number of nitrogen functional groups attached to an aromatic ring is 1. The van der Waals surface area contributed by atoms with E-state index in [0.29, 0.717) is 10.6 Å². The Balaban J connectivity index is 1.99. The predicted octanol–water partition coefficient (Wildman–Crippen LogP) is 1.47. The van der Waals surface area contributed by atoms with Gasteiger partial charge in [0.15, 0.2) is 0 Å². The second kappa shape index (κ2) is 6.45. The highest BCUT2D eigenvalue weighted by atomic mass is 32.1. The molecule has 0 atom stereocenters. The lowest BCUT2D eigenvalue weighted by molar-refractivity contribution is 0.0968. The van der Waals surface area contributed by atoms with Gasteiger partial charge in [0.2, 0.25) is 0 Å². The van der Waals surface area contributed by atoms with Crippen LogP contribution in [0.3, 0.4) is 0 Å². The summed E-state index contributed by atoms with van der Waals surface area (Å²) < 4.78 is 0. The van der Waals surface area contributed by atoms with Gasteiger partial charge in [-0.2, -0.15) is 0 Å². The largest absolute Gasteiger partial charge is 0.397 e. The SMILES string of the molecule is CNC(=O)c1sc(N2CCC(CN(C)C)CC2)cc1N. The van der Waals surface area contributed by atoms with Gasteiger partial charge in [-0.1, -0.05) is 0 Å². The Hall–Kier alpha value is -1.27. The molecule has 3 N–H and O–H groups in total. The molecule has 20 heavy (non-hydrogen) atoms. The predicted molar refractivity (Wildman–Crippen MR) is 85.6 cm³/mol. The van der Waals surface area contributed by atoms with Crippen LogP contribution in [0.15, 0.2) is 6.07 Å².